The highest BCUT2D eigenvalue weighted by Gasteiger charge is 2.38. The molecule has 1 aliphatic rings. The molecule has 0 saturated carbocycles. The van der Waals surface area contributed by atoms with E-state index < -0.39 is 18.2 Å². The fourth-order valence-electron chi connectivity index (χ4n) is 1.49. The lowest BCUT2D eigenvalue weighted by molar-refractivity contribution is -0.150. The minimum atomic E-state index is -1.12. The standard InChI is InChI=1S/C8H12FNO3/c1-5(11)10-4-6(9)3-7(10)8(12)13-2/h6-7H,3-4H2,1-2H3/t6-,7-/m1/s1. The van der Waals surface area contributed by atoms with Gasteiger partial charge in [-0.25, -0.2) is 9.18 Å². The van der Waals surface area contributed by atoms with Crippen molar-refractivity contribution in [1.82, 2.24) is 4.90 Å². The molecule has 0 aromatic carbocycles. The van der Waals surface area contributed by atoms with Crippen LogP contribution in [0.25, 0.3) is 0 Å². The molecule has 0 spiro atoms. The zero-order valence-electron chi connectivity index (χ0n) is 7.62. The second kappa shape index (κ2) is 3.72. The van der Waals surface area contributed by atoms with Crippen LogP contribution in [0.3, 0.4) is 0 Å². The van der Waals surface area contributed by atoms with E-state index in [4.69, 9.17) is 0 Å². The van der Waals surface area contributed by atoms with Crippen molar-refractivity contribution < 1.29 is 18.7 Å². The van der Waals surface area contributed by atoms with Crippen LogP contribution in [0.2, 0.25) is 0 Å². The average molecular weight is 189 g/mol. The van der Waals surface area contributed by atoms with Crippen molar-refractivity contribution in [3.05, 3.63) is 0 Å². The molecule has 4 nitrogen and oxygen atoms in total. The van der Waals surface area contributed by atoms with E-state index in [0.29, 0.717) is 0 Å². The molecule has 1 saturated heterocycles. The molecule has 1 aliphatic heterocycles. The molecule has 74 valence electrons. The van der Waals surface area contributed by atoms with Gasteiger partial charge in [-0.3, -0.25) is 4.79 Å². The van der Waals surface area contributed by atoms with Crippen LogP contribution in [0, 0.1) is 0 Å². The molecule has 0 aliphatic carbocycles. The number of carbonyl (C=O) groups excluding carboxylic acids is 2. The number of hydrogen-bond acceptors (Lipinski definition) is 3. The second-order valence-electron chi connectivity index (χ2n) is 3.04. The summed E-state index contributed by atoms with van der Waals surface area (Å²) in [5.74, 6) is -0.842. The Morgan fingerprint density at radius 3 is 2.62 bits per heavy atom. The van der Waals surface area contributed by atoms with Crippen LogP contribution in [0.1, 0.15) is 13.3 Å². The van der Waals surface area contributed by atoms with Gasteiger partial charge in [0.1, 0.15) is 12.2 Å². The van der Waals surface area contributed by atoms with Gasteiger partial charge in [0.2, 0.25) is 5.91 Å². The van der Waals surface area contributed by atoms with Crippen molar-refractivity contribution in [2.75, 3.05) is 13.7 Å². The van der Waals surface area contributed by atoms with Crippen molar-refractivity contribution in [2.45, 2.75) is 25.6 Å². The molecule has 2 atom stereocenters. The molecule has 1 rings (SSSR count). The molecule has 1 heterocycles. The van der Waals surface area contributed by atoms with E-state index in [-0.39, 0.29) is 18.9 Å². The normalized spacial score (nSPS) is 27.5. The van der Waals surface area contributed by atoms with Crippen LogP contribution in [0.4, 0.5) is 4.39 Å². The topological polar surface area (TPSA) is 46.6 Å². The highest BCUT2D eigenvalue weighted by atomic mass is 19.1. The maximum absolute atomic E-state index is 12.9. The van der Waals surface area contributed by atoms with Crippen molar-refractivity contribution in [2.24, 2.45) is 0 Å². The van der Waals surface area contributed by atoms with Gasteiger partial charge in [-0.05, 0) is 0 Å². The van der Waals surface area contributed by atoms with Crippen LogP contribution in [-0.2, 0) is 14.3 Å². The Hall–Kier alpha value is -1.13. The average Bonchev–Trinajstić information content (AvgIpc) is 2.46. The first-order chi connectivity index (χ1) is 6.06. The summed E-state index contributed by atoms with van der Waals surface area (Å²) in [4.78, 5) is 23.3. The van der Waals surface area contributed by atoms with Crippen molar-refractivity contribution in [3.8, 4) is 0 Å². The summed E-state index contributed by atoms with van der Waals surface area (Å²) >= 11 is 0. The Bertz CT molecular complexity index is 231. The summed E-state index contributed by atoms with van der Waals surface area (Å²) in [5.41, 5.74) is 0. The highest BCUT2D eigenvalue weighted by Crippen LogP contribution is 2.21. The molecule has 0 radical (unpaired) electrons. The molecule has 5 heteroatoms. The monoisotopic (exact) mass is 189 g/mol. The number of alkyl halides is 1. The molecule has 1 amide bonds. The minimum Gasteiger partial charge on any atom is -0.467 e. The quantitative estimate of drug-likeness (QED) is 0.550. The van der Waals surface area contributed by atoms with Gasteiger partial charge < -0.3 is 9.64 Å². The Morgan fingerprint density at radius 2 is 2.15 bits per heavy atom. The lowest BCUT2D eigenvalue weighted by Crippen LogP contribution is -2.39. The van der Waals surface area contributed by atoms with E-state index in [1.807, 2.05) is 0 Å². The molecule has 0 aromatic rings. The molecule has 0 aromatic heterocycles. The smallest absolute Gasteiger partial charge is 0.328 e. The molecular formula is C8H12FNO3. The van der Waals surface area contributed by atoms with Crippen molar-refractivity contribution in [1.29, 1.82) is 0 Å². The van der Waals surface area contributed by atoms with Crippen LogP contribution in [0.15, 0.2) is 0 Å². The molecule has 13 heavy (non-hydrogen) atoms. The largest absolute Gasteiger partial charge is 0.467 e. The van der Waals surface area contributed by atoms with Gasteiger partial charge >= 0.3 is 5.97 Å². The van der Waals surface area contributed by atoms with Gasteiger partial charge in [-0.15, -0.1) is 0 Å². The lowest BCUT2D eigenvalue weighted by Gasteiger charge is -2.19. The zero-order valence-corrected chi connectivity index (χ0v) is 7.62. The Balaban J connectivity index is 2.71. The second-order valence-corrected chi connectivity index (χ2v) is 3.04. The molecule has 0 N–H and O–H groups in total. The third-order valence-corrected chi connectivity index (χ3v) is 2.13. The van der Waals surface area contributed by atoms with Crippen LogP contribution in [0.5, 0.6) is 0 Å². The Morgan fingerprint density at radius 1 is 1.54 bits per heavy atom. The number of amides is 1. The summed E-state index contributed by atoms with van der Waals surface area (Å²) in [5, 5.41) is 0. The van der Waals surface area contributed by atoms with Gasteiger partial charge in [0, 0.05) is 13.3 Å². The predicted octanol–water partition coefficient (Wildman–Crippen LogP) is 0.118. The van der Waals surface area contributed by atoms with E-state index >= 15 is 0 Å². The summed E-state index contributed by atoms with van der Waals surface area (Å²) in [6.45, 7) is 1.31. The van der Waals surface area contributed by atoms with E-state index in [2.05, 4.69) is 4.74 Å². The number of carbonyl (C=O) groups is 2. The van der Waals surface area contributed by atoms with Crippen molar-refractivity contribution in [3.63, 3.8) is 0 Å². The number of rotatable bonds is 1. The van der Waals surface area contributed by atoms with E-state index in [9.17, 15) is 14.0 Å². The fourth-order valence-corrected chi connectivity index (χ4v) is 1.49. The summed E-state index contributed by atoms with van der Waals surface area (Å²) in [7, 11) is 1.23. The number of esters is 1. The number of nitrogens with zero attached hydrogens (tertiary/aromatic N) is 1. The molecule has 0 bridgehead atoms. The maximum atomic E-state index is 12.9. The van der Waals surface area contributed by atoms with E-state index in [1.54, 1.807) is 0 Å². The number of ether oxygens (including phenoxy) is 1. The predicted molar refractivity (Wildman–Crippen MR) is 42.7 cm³/mol. The van der Waals surface area contributed by atoms with E-state index in [1.165, 1.54) is 18.9 Å². The summed E-state index contributed by atoms with van der Waals surface area (Å²) < 4.78 is 17.3. The van der Waals surface area contributed by atoms with Gasteiger partial charge in [-0.1, -0.05) is 0 Å². The van der Waals surface area contributed by atoms with Gasteiger partial charge in [0.15, 0.2) is 0 Å². The molecule has 0 unspecified atom stereocenters. The third kappa shape index (κ3) is 1.96. The first-order valence-corrected chi connectivity index (χ1v) is 4.05. The molecule has 1 fully saturated rings. The van der Waals surface area contributed by atoms with Crippen LogP contribution >= 0.6 is 0 Å². The maximum Gasteiger partial charge on any atom is 0.328 e. The molecular weight excluding hydrogens is 177 g/mol. The Labute approximate surface area is 75.6 Å². The van der Waals surface area contributed by atoms with E-state index in [0.717, 1.165) is 0 Å². The van der Waals surface area contributed by atoms with Gasteiger partial charge in [0.25, 0.3) is 0 Å². The number of methoxy groups -OCH3 is 1. The highest BCUT2D eigenvalue weighted by molar-refractivity contribution is 5.84. The Kier molecular flexibility index (Phi) is 2.85. The fraction of sp³-hybridized carbons (Fsp3) is 0.750. The summed E-state index contributed by atoms with van der Waals surface area (Å²) in [6, 6.07) is -0.738. The van der Waals surface area contributed by atoms with Gasteiger partial charge in [-0.2, -0.15) is 0 Å². The number of hydrogen-bond donors (Lipinski definition) is 0. The summed E-state index contributed by atoms with van der Waals surface area (Å²) in [6.07, 6.45) is -1.07. The SMILES string of the molecule is COC(=O)[C@H]1C[C@@H](F)CN1C(C)=O. The van der Waals surface area contributed by atoms with Crippen LogP contribution < -0.4 is 0 Å². The minimum absolute atomic E-state index is 0.00486. The van der Waals surface area contributed by atoms with Crippen molar-refractivity contribution >= 4 is 11.9 Å². The third-order valence-electron chi connectivity index (χ3n) is 2.13. The zero-order chi connectivity index (χ0) is 10.0. The van der Waals surface area contributed by atoms with Crippen LogP contribution in [-0.4, -0.2) is 42.6 Å². The first-order valence-electron chi connectivity index (χ1n) is 4.05. The number of likely N-dealkylation sites (tertiary alicyclic amines) is 1. The van der Waals surface area contributed by atoms with Gasteiger partial charge in [0.05, 0.1) is 13.7 Å². The first kappa shape index (κ1) is 9.95. The lowest BCUT2D eigenvalue weighted by atomic mass is 10.2. The number of halogens is 1.